The van der Waals surface area contributed by atoms with Crippen molar-refractivity contribution in [2.75, 3.05) is 50.8 Å². The van der Waals surface area contributed by atoms with Crippen molar-refractivity contribution in [2.24, 2.45) is 5.92 Å². The molecule has 1 N–H and O–H groups in total. The minimum atomic E-state index is -0.200. The number of hydrogen-bond acceptors (Lipinski definition) is 8. The second kappa shape index (κ2) is 10.6. The Labute approximate surface area is 209 Å². The van der Waals surface area contributed by atoms with Gasteiger partial charge in [0.15, 0.2) is 0 Å². The van der Waals surface area contributed by atoms with E-state index in [2.05, 4.69) is 23.6 Å². The molecule has 2 aromatic heterocycles. The number of β-amino-alcohol motifs (C(OH)–C–C–N with tert-alkyl or cyclic N) is 1. The molecule has 2 aliphatic heterocycles. The van der Waals surface area contributed by atoms with Crippen LogP contribution in [0.1, 0.15) is 31.4 Å². The van der Waals surface area contributed by atoms with Gasteiger partial charge in [0.05, 0.1) is 17.1 Å². The first kappa shape index (κ1) is 24.8. The quantitative estimate of drug-likeness (QED) is 0.458. The molecular weight excluding hydrogens is 470 g/mol. The average Bonchev–Trinajstić information content (AvgIpc) is 3.07. The predicted octanol–water partition coefficient (Wildman–Crippen LogP) is 2.36. The molecule has 10 heteroatoms. The number of thiocarbonyl (C=S) groups is 1. The number of aliphatic hydroxyl groups excluding tert-OH is 1. The van der Waals surface area contributed by atoms with Gasteiger partial charge in [0, 0.05) is 45.5 Å². The predicted molar refractivity (Wildman–Crippen MR) is 141 cm³/mol. The topological polar surface area (TPSA) is 81.4 Å². The Kier molecular flexibility index (Phi) is 7.71. The van der Waals surface area contributed by atoms with E-state index in [0.717, 1.165) is 25.1 Å². The summed E-state index contributed by atoms with van der Waals surface area (Å²) in [5.41, 5.74) is 1.73. The highest BCUT2D eigenvalue weighted by molar-refractivity contribution is 8.26. The number of aliphatic hydroxyl groups is 1. The van der Waals surface area contributed by atoms with Crippen molar-refractivity contribution in [3.05, 3.63) is 44.7 Å². The third-order valence-corrected chi connectivity index (χ3v) is 7.61. The number of aryl methyl sites for hydroxylation is 1. The lowest BCUT2D eigenvalue weighted by Gasteiger charge is -2.35. The number of piperazine rings is 1. The second-order valence-electron chi connectivity index (χ2n) is 9.11. The molecule has 0 aliphatic carbocycles. The van der Waals surface area contributed by atoms with Crippen LogP contribution in [0.4, 0.5) is 5.82 Å². The summed E-state index contributed by atoms with van der Waals surface area (Å²) >= 11 is 6.72. The van der Waals surface area contributed by atoms with Crippen LogP contribution in [0.5, 0.6) is 0 Å². The first-order valence-corrected chi connectivity index (χ1v) is 12.9. The summed E-state index contributed by atoms with van der Waals surface area (Å²) in [6, 6.07) is 3.76. The third-order valence-electron chi connectivity index (χ3n) is 6.23. The Morgan fingerprint density at radius 3 is 2.62 bits per heavy atom. The average molecular weight is 502 g/mol. The van der Waals surface area contributed by atoms with Crippen molar-refractivity contribution in [3.63, 3.8) is 0 Å². The fourth-order valence-corrected chi connectivity index (χ4v) is 5.49. The number of hydrogen-bond donors (Lipinski definition) is 1. The van der Waals surface area contributed by atoms with Crippen LogP contribution < -0.4 is 10.5 Å². The van der Waals surface area contributed by atoms with Crippen LogP contribution in [0, 0.1) is 12.8 Å². The van der Waals surface area contributed by atoms with Gasteiger partial charge in [0.1, 0.15) is 15.8 Å². The number of aromatic nitrogens is 2. The zero-order valence-corrected chi connectivity index (χ0v) is 21.5. The van der Waals surface area contributed by atoms with E-state index >= 15 is 0 Å². The van der Waals surface area contributed by atoms with E-state index in [1.807, 2.05) is 19.1 Å². The molecule has 0 spiro atoms. The standard InChI is InChI=1S/C24H31N5O3S2/c1-16(2)6-8-29-23(32)19(34-24(29)33)15-18-21(27-11-9-26(10-12-27)13-14-30)25-20-17(3)5-4-7-28(20)22(18)31/h4-5,7,15-16,30H,6,8-14H2,1-3H3. The van der Waals surface area contributed by atoms with Gasteiger partial charge in [-0.2, -0.15) is 0 Å². The Hall–Kier alpha value is -2.27. The molecule has 0 bridgehead atoms. The molecule has 0 saturated carbocycles. The highest BCUT2D eigenvalue weighted by Gasteiger charge is 2.33. The van der Waals surface area contributed by atoms with Crippen molar-refractivity contribution >= 4 is 51.7 Å². The van der Waals surface area contributed by atoms with Crippen molar-refractivity contribution in [1.82, 2.24) is 19.2 Å². The molecule has 0 aromatic carbocycles. The fraction of sp³-hybridized carbons (Fsp3) is 0.500. The summed E-state index contributed by atoms with van der Waals surface area (Å²) < 4.78 is 2.08. The summed E-state index contributed by atoms with van der Waals surface area (Å²) in [7, 11) is 0. The molecule has 0 radical (unpaired) electrons. The Bertz CT molecular complexity index is 1190. The Morgan fingerprint density at radius 2 is 1.94 bits per heavy atom. The largest absolute Gasteiger partial charge is 0.395 e. The molecule has 1 amide bonds. The van der Waals surface area contributed by atoms with Gasteiger partial charge in [-0.25, -0.2) is 4.98 Å². The van der Waals surface area contributed by atoms with E-state index in [0.29, 0.717) is 58.4 Å². The van der Waals surface area contributed by atoms with Crippen LogP contribution in [0.25, 0.3) is 11.7 Å². The molecule has 2 saturated heterocycles. The maximum absolute atomic E-state index is 13.6. The maximum Gasteiger partial charge on any atom is 0.267 e. The zero-order chi connectivity index (χ0) is 24.4. The number of amides is 1. The van der Waals surface area contributed by atoms with Crippen LogP contribution in [0.2, 0.25) is 0 Å². The lowest BCUT2D eigenvalue weighted by molar-refractivity contribution is -0.122. The van der Waals surface area contributed by atoms with Crippen molar-refractivity contribution < 1.29 is 9.90 Å². The first-order valence-electron chi connectivity index (χ1n) is 11.7. The van der Waals surface area contributed by atoms with Crippen LogP contribution in [0.3, 0.4) is 0 Å². The van der Waals surface area contributed by atoms with Crippen molar-refractivity contribution in [2.45, 2.75) is 27.2 Å². The Morgan fingerprint density at radius 1 is 1.21 bits per heavy atom. The number of carbonyl (C=O) groups is 1. The normalized spacial score (nSPS) is 18.8. The van der Waals surface area contributed by atoms with E-state index in [1.54, 1.807) is 21.6 Å². The van der Waals surface area contributed by atoms with Crippen molar-refractivity contribution in [3.8, 4) is 0 Å². The van der Waals surface area contributed by atoms with E-state index in [1.165, 1.54) is 11.8 Å². The number of nitrogens with zero attached hydrogens (tertiary/aromatic N) is 5. The molecule has 34 heavy (non-hydrogen) atoms. The lowest BCUT2D eigenvalue weighted by Crippen LogP contribution is -2.48. The molecule has 2 aromatic rings. The van der Waals surface area contributed by atoms with Gasteiger partial charge in [-0.1, -0.05) is 43.9 Å². The third kappa shape index (κ3) is 5.05. The molecule has 2 fully saturated rings. The number of carbonyl (C=O) groups excluding carboxylic acids is 1. The van der Waals surface area contributed by atoms with E-state index in [4.69, 9.17) is 17.2 Å². The minimum absolute atomic E-state index is 0.124. The molecular formula is C24H31N5O3S2. The highest BCUT2D eigenvalue weighted by atomic mass is 32.2. The molecule has 2 aliphatic rings. The summed E-state index contributed by atoms with van der Waals surface area (Å²) in [5, 5.41) is 9.26. The van der Waals surface area contributed by atoms with Gasteiger partial charge >= 0.3 is 0 Å². The van der Waals surface area contributed by atoms with Gasteiger partial charge in [-0.3, -0.25) is 23.8 Å². The zero-order valence-electron chi connectivity index (χ0n) is 19.9. The summed E-state index contributed by atoms with van der Waals surface area (Å²) in [4.78, 5) is 38.1. The number of rotatable bonds is 7. The minimum Gasteiger partial charge on any atom is -0.395 e. The number of anilines is 1. The smallest absolute Gasteiger partial charge is 0.267 e. The van der Waals surface area contributed by atoms with Crippen LogP contribution in [-0.4, -0.2) is 80.4 Å². The van der Waals surface area contributed by atoms with Crippen LogP contribution >= 0.6 is 24.0 Å². The molecule has 182 valence electrons. The van der Waals surface area contributed by atoms with Gasteiger partial charge < -0.3 is 10.0 Å². The van der Waals surface area contributed by atoms with Gasteiger partial charge in [-0.05, 0) is 37.0 Å². The van der Waals surface area contributed by atoms with E-state index in [-0.39, 0.29) is 18.1 Å². The molecule has 4 heterocycles. The molecule has 4 rings (SSSR count). The maximum atomic E-state index is 13.6. The Balaban J connectivity index is 1.75. The lowest BCUT2D eigenvalue weighted by atomic mass is 10.1. The number of thioether (sulfide) groups is 1. The van der Waals surface area contributed by atoms with Crippen molar-refractivity contribution in [1.29, 1.82) is 0 Å². The number of pyridine rings is 1. The second-order valence-corrected chi connectivity index (χ2v) is 10.8. The fourth-order valence-electron chi connectivity index (χ4n) is 4.20. The van der Waals surface area contributed by atoms with Crippen LogP contribution in [-0.2, 0) is 4.79 Å². The summed E-state index contributed by atoms with van der Waals surface area (Å²) in [6.07, 6.45) is 4.25. The summed E-state index contributed by atoms with van der Waals surface area (Å²) in [6.45, 7) is 10.4. The first-order chi connectivity index (χ1) is 16.3. The SMILES string of the molecule is Cc1cccn2c(=O)c(C=C3SC(=S)N(CCC(C)C)C3=O)c(N3CCN(CCO)CC3)nc12. The summed E-state index contributed by atoms with van der Waals surface area (Å²) in [5.74, 6) is 0.904. The van der Waals surface area contributed by atoms with Gasteiger partial charge in [0.2, 0.25) is 0 Å². The number of fused-ring (bicyclic) bond motifs is 1. The highest BCUT2D eigenvalue weighted by Crippen LogP contribution is 2.34. The van der Waals surface area contributed by atoms with Gasteiger partial charge in [0.25, 0.3) is 11.5 Å². The monoisotopic (exact) mass is 501 g/mol. The molecule has 0 unspecified atom stereocenters. The molecule has 0 atom stereocenters. The molecule has 8 nitrogen and oxygen atoms in total. The van der Waals surface area contributed by atoms with Crippen LogP contribution in [0.15, 0.2) is 28.0 Å². The van der Waals surface area contributed by atoms with E-state index < -0.39 is 0 Å². The van der Waals surface area contributed by atoms with Gasteiger partial charge in [-0.15, -0.1) is 0 Å². The van der Waals surface area contributed by atoms with E-state index in [9.17, 15) is 14.7 Å².